The average Bonchev–Trinajstić information content (AvgIpc) is 3.05. The van der Waals surface area contributed by atoms with Crippen molar-refractivity contribution in [2.75, 3.05) is 5.32 Å². The van der Waals surface area contributed by atoms with E-state index in [1.54, 1.807) is 6.07 Å². The number of fused-ring (bicyclic) bond motifs is 1. The van der Waals surface area contributed by atoms with Crippen LogP contribution in [-0.4, -0.2) is 17.1 Å². The van der Waals surface area contributed by atoms with Gasteiger partial charge in [0.25, 0.3) is 0 Å². The van der Waals surface area contributed by atoms with Gasteiger partial charge in [0.2, 0.25) is 0 Å². The lowest BCUT2D eigenvalue weighted by Crippen LogP contribution is -2.05. The molecule has 1 fully saturated rings. The van der Waals surface area contributed by atoms with Crippen LogP contribution in [0.2, 0.25) is 0 Å². The van der Waals surface area contributed by atoms with Crippen LogP contribution in [0, 0.1) is 5.92 Å². The number of nitrogens with one attached hydrogen (secondary N) is 1. The molecule has 2 N–H and O–H groups in total. The van der Waals surface area contributed by atoms with Gasteiger partial charge in [-0.05, 0) is 29.9 Å². The average molecular weight is 241 g/mol. The zero-order valence-electron chi connectivity index (χ0n) is 10.2. The summed E-state index contributed by atoms with van der Waals surface area (Å²) in [6, 6.07) is 11.7. The molecule has 0 amide bonds. The van der Waals surface area contributed by atoms with Gasteiger partial charge in [-0.1, -0.05) is 31.2 Å². The Morgan fingerprint density at radius 1 is 1.22 bits per heavy atom. The third-order valence-electron chi connectivity index (χ3n) is 3.60. The second-order valence-corrected chi connectivity index (χ2v) is 4.98. The molecule has 2 atom stereocenters. The van der Waals surface area contributed by atoms with E-state index in [1.165, 1.54) is 6.42 Å². The SMILES string of the molecule is CC1CC1Nc1ccc(C(=O)O)c2ccccc12. The third kappa shape index (κ3) is 1.82. The standard InChI is InChI=1S/C15H15NO2/c1-9-8-14(9)16-13-7-6-12(15(17)18)10-4-2-3-5-11(10)13/h2-7,9,14,16H,8H2,1H3,(H,17,18). The number of carbonyl (C=O) groups is 1. The van der Waals surface area contributed by atoms with E-state index >= 15 is 0 Å². The molecule has 0 aliphatic heterocycles. The number of anilines is 1. The van der Waals surface area contributed by atoms with E-state index < -0.39 is 5.97 Å². The molecule has 0 aromatic heterocycles. The van der Waals surface area contributed by atoms with E-state index in [-0.39, 0.29) is 0 Å². The van der Waals surface area contributed by atoms with Crippen molar-refractivity contribution in [2.45, 2.75) is 19.4 Å². The Hall–Kier alpha value is -2.03. The van der Waals surface area contributed by atoms with Gasteiger partial charge in [-0.2, -0.15) is 0 Å². The molecule has 92 valence electrons. The molecule has 2 aromatic rings. The molecule has 3 heteroatoms. The number of aromatic carboxylic acids is 1. The maximum absolute atomic E-state index is 11.2. The molecule has 0 radical (unpaired) electrons. The van der Waals surface area contributed by atoms with Crippen molar-refractivity contribution in [3.8, 4) is 0 Å². The summed E-state index contributed by atoms with van der Waals surface area (Å²) in [4.78, 5) is 11.2. The van der Waals surface area contributed by atoms with Crippen LogP contribution in [0.3, 0.4) is 0 Å². The van der Waals surface area contributed by atoms with Gasteiger partial charge in [-0.25, -0.2) is 4.79 Å². The zero-order chi connectivity index (χ0) is 12.7. The quantitative estimate of drug-likeness (QED) is 0.866. The summed E-state index contributed by atoms with van der Waals surface area (Å²) < 4.78 is 0. The van der Waals surface area contributed by atoms with Crippen molar-refractivity contribution in [3.63, 3.8) is 0 Å². The highest BCUT2D eigenvalue weighted by Gasteiger charge is 2.32. The normalized spacial score (nSPS) is 21.8. The molecule has 3 rings (SSSR count). The van der Waals surface area contributed by atoms with Crippen LogP contribution in [-0.2, 0) is 0 Å². The molecule has 3 nitrogen and oxygen atoms in total. The van der Waals surface area contributed by atoms with Crippen molar-refractivity contribution >= 4 is 22.4 Å². The first-order valence-electron chi connectivity index (χ1n) is 6.18. The zero-order valence-corrected chi connectivity index (χ0v) is 10.2. The lowest BCUT2D eigenvalue weighted by atomic mass is 10.0. The highest BCUT2D eigenvalue weighted by molar-refractivity contribution is 6.07. The fourth-order valence-electron chi connectivity index (χ4n) is 2.33. The number of hydrogen-bond acceptors (Lipinski definition) is 2. The Kier molecular flexibility index (Phi) is 2.47. The smallest absolute Gasteiger partial charge is 0.336 e. The van der Waals surface area contributed by atoms with E-state index in [2.05, 4.69) is 12.2 Å². The van der Waals surface area contributed by atoms with E-state index in [0.717, 1.165) is 16.5 Å². The number of rotatable bonds is 3. The van der Waals surface area contributed by atoms with E-state index in [1.807, 2.05) is 30.3 Å². The molecule has 2 unspecified atom stereocenters. The monoisotopic (exact) mass is 241 g/mol. The van der Waals surface area contributed by atoms with Crippen molar-refractivity contribution < 1.29 is 9.90 Å². The van der Waals surface area contributed by atoms with Crippen LogP contribution < -0.4 is 5.32 Å². The number of carboxylic acids is 1. The summed E-state index contributed by atoms with van der Waals surface area (Å²) in [7, 11) is 0. The van der Waals surface area contributed by atoms with Gasteiger partial charge in [0, 0.05) is 17.1 Å². The van der Waals surface area contributed by atoms with Gasteiger partial charge in [-0.3, -0.25) is 0 Å². The van der Waals surface area contributed by atoms with Crippen LogP contribution in [0.15, 0.2) is 36.4 Å². The van der Waals surface area contributed by atoms with E-state index in [0.29, 0.717) is 17.5 Å². The molecule has 1 saturated carbocycles. The largest absolute Gasteiger partial charge is 0.478 e. The second-order valence-electron chi connectivity index (χ2n) is 4.98. The maximum atomic E-state index is 11.2. The van der Waals surface area contributed by atoms with Gasteiger partial charge in [0.15, 0.2) is 0 Å². The molecule has 0 heterocycles. The maximum Gasteiger partial charge on any atom is 0.336 e. The van der Waals surface area contributed by atoms with Gasteiger partial charge in [0.05, 0.1) is 5.56 Å². The topological polar surface area (TPSA) is 49.3 Å². The Morgan fingerprint density at radius 2 is 1.89 bits per heavy atom. The van der Waals surface area contributed by atoms with Crippen LogP contribution in [0.25, 0.3) is 10.8 Å². The Balaban J connectivity index is 2.10. The molecule has 2 aromatic carbocycles. The van der Waals surface area contributed by atoms with Crippen molar-refractivity contribution in [1.82, 2.24) is 0 Å². The first-order valence-corrected chi connectivity index (χ1v) is 6.18. The minimum atomic E-state index is -0.877. The fourth-order valence-corrected chi connectivity index (χ4v) is 2.33. The molecule has 0 saturated heterocycles. The highest BCUT2D eigenvalue weighted by Crippen LogP contribution is 2.35. The van der Waals surface area contributed by atoms with Crippen molar-refractivity contribution in [1.29, 1.82) is 0 Å². The second kappa shape index (κ2) is 4.02. The first kappa shape index (κ1) is 11.1. The van der Waals surface area contributed by atoms with Gasteiger partial charge in [0.1, 0.15) is 0 Å². The molecule has 1 aliphatic carbocycles. The van der Waals surface area contributed by atoms with Gasteiger partial charge in [-0.15, -0.1) is 0 Å². The lowest BCUT2D eigenvalue weighted by molar-refractivity contribution is 0.0699. The predicted octanol–water partition coefficient (Wildman–Crippen LogP) is 3.36. The molecule has 18 heavy (non-hydrogen) atoms. The van der Waals surface area contributed by atoms with E-state index in [4.69, 9.17) is 0 Å². The summed E-state index contributed by atoms with van der Waals surface area (Å²) in [5, 5.41) is 14.4. The molecular formula is C15H15NO2. The third-order valence-corrected chi connectivity index (χ3v) is 3.60. The van der Waals surface area contributed by atoms with Crippen LogP contribution in [0.5, 0.6) is 0 Å². The molecule has 1 aliphatic rings. The van der Waals surface area contributed by atoms with Gasteiger partial charge < -0.3 is 10.4 Å². The summed E-state index contributed by atoms with van der Waals surface area (Å²) in [6.45, 7) is 2.21. The minimum absolute atomic E-state index is 0.361. The fraction of sp³-hybridized carbons (Fsp3) is 0.267. The highest BCUT2D eigenvalue weighted by atomic mass is 16.4. The van der Waals surface area contributed by atoms with E-state index in [9.17, 15) is 9.90 Å². The van der Waals surface area contributed by atoms with Crippen LogP contribution in [0.1, 0.15) is 23.7 Å². The van der Waals surface area contributed by atoms with Crippen LogP contribution >= 0.6 is 0 Å². The molecular weight excluding hydrogens is 226 g/mol. The summed E-state index contributed by atoms with van der Waals surface area (Å²) in [6.07, 6.45) is 1.19. The van der Waals surface area contributed by atoms with Crippen molar-refractivity contribution in [3.05, 3.63) is 42.0 Å². The Labute approximate surface area is 105 Å². The summed E-state index contributed by atoms with van der Waals surface area (Å²) >= 11 is 0. The number of benzene rings is 2. The van der Waals surface area contributed by atoms with Crippen LogP contribution in [0.4, 0.5) is 5.69 Å². The summed E-state index contributed by atoms with van der Waals surface area (Å²) in [5.41, 5.74) is 1.39. The first-order chi connectivity index (χ1) is 8.66. The number of hydrogen-bond donors (Lipinski definition) is 2. The summed E-state index contributed by atoms with van der Waals surface area (Å²) in [5.74, 6) is -0.166. The molecule has 0 spiro atoms. The van der Waals surface area contributed by atoms with Gasteiger partial charge >= 0.3 is 5.97 Å². The lowest BCUT2D eigenvalue weighted by Gasteiger charge is -2.11. The predicted molar refractivity (Wildman–Crippen MR) is 72.1 cm³/mol. The van der Waals surface area contributed by atoms with Crippen molar-refractivity contribution in [2.24, 2.45) is 5.92 Å². The molecule has 0 bridgehead atoms. The Bertz CT molecular complexity index is 621. The Morgan fingerprint density at radius 3 is 2.50 bits per heavy atom. The minimum Gasteiger partial charge on any atom is -0.478 e. The number of carboxylic acid groups (broad SMARTS) is 1.